The molecular formula is C17H36O8. The highest BCUT2D eigenvalue weighted by Gasteiger charge is 2.26. The normalized spacial score (nSPS) is 10.2. The third-order valence-electron chi connectivity index (χ3n) is 3.33. The Hall–Kier alpha value is -1.22. The van der Waals surface area contributed by atoms with E-state index in [1.807, 2.05) is 0 Å². The molecular weight excluding hydrogens is 332 g/mol. The van der Waals surface area contributed by atoms with Gasteiger partial charge in [0.05, 0.1) is 31.8 Å². The SMILES string of the molecule is CCCCCC(=O)O.CCCCCC(=O)O.OCC(CO)(CO)CO. The molecule has 0 aromatic carbocycles. The lowest BCUT2D eigenvalue weighted by Gasteiger charge is -2.23. The Labute approximate surface area is 150 Å². The van der Waals surface area contributed by atoms with Crippen LogP contribution in [0.2, 0.25) is 0 Å². The summed E-state index contributed by atoms with van der Waals surface area (Å²) in [6.07, 6.45) is 6.55. The van der Waals surface area contributed by atoms with Crippen molar-refractivity contribution in [2.75, 3.05) is 26.4 Å². The molecule has 0 fully saturated rings. The van der Waals surface area contributed by atoms with Crippen LogP contribution < -0.4 is 0 Å². The molecule has 0 rings (SSSR count). The highest BCUT2D eigenvalue weighted by molar-refractivity contribution is 5.66. The number of hydrogen-bond acceptors (Lipinski definition) is 6. The van der Waals surface area contributed by atoms with Crippen molar-refractivity contribution in [2.45, 2.75) is 65.2 Å². The van der Waals surface area contributed by atoms with E-state index in [0.717, 1.165) is 38.5 Å². The molecule has 0 amide bonds. The van der Waals surface area contributed by atoms with E-state index in [0.29, 0.717) is 12.8 Å². The van der Waals surface area contributed by atoms with E-state index in [9.17, 15) is 9.59 Å². The second-order valence-corrected chi connectivity index (χ2v) is 5.83. The summed E-state index contributed by atoms with van der Waals surface area (Å²) in [5.74, 6) is -1.36. The minimum Gasteiger partial charge on any atom is -0.481 e. The number of hydrogen-bond donors (Lipinski definition) is 6. The summed E-state index contributed by atoms with van der Waals surface area (Å²) in [6, 6.07) is 0. The fraction of sp³-hybridized carbons (Fsp3) is 0.882. The lowest BCUT2D eigenvalue weighted by atomic mass is 9.93. The Balaban J connectivity index is -0.000000291. The van der Waals surface area contributed by atoms with Crippen molar-refractivity contribution < 1.29 is 40.2 Å². The first-order valence-electron chi connectivity index (χ1n) is 8.66. The molecule has 152 valence electrons. The molecule has 0 heterocycles. The van der Waals surface area contributed by atoms with E-state index >= 15 is 0 Å². The number of aliphatic carboxylic acids is 2. The molecule has 25 heavy (non-hydrogen) atoms. The standard InChI is InChI=1S/2C6H12O2.C5H12O4/c2*1-2-3-4-5-6(7)8;6-1-5(2-7,3-8)4-9/h2*2-5H2,1H3,(H,7,8);6-9H,1-4H2. The fourth-order valence-electron chi connectivity index (χ4n) is 1.35. The largest absolute Gasteiger partial charge is 0.481 e. The maximum Gasteiger partial charge on any atom is 0.303 e. The minimum atomic E-state index is -1.11. The smallest absolute Gasteiger partial charge is 0.303 e. The highest BCUT2D eigenvalue weighted by Crippen LogP contribution is 2.11. The molecule has 6 N–H and O–H groups in total. The molecule has 0 radical (unpaired) electrons. The summed E-state index contributed by atoms with van der Waals surface area (Å²) in [6.45, 7) is 2.49. The molecule has 0 saturated carbocycles. The third kappa shape index (κ3) is 22.8. The zero-order valence-electron chi connectivity index (χ0n) is 15.5. The van der Waals surface area contributed by atoms with Gasteiger partial charge in [0, 0.05) is 12.8 Å². The predicted octanol–water partition coefficient (Wildman–Crippen LogP) is 1.24. The Morgan fingerprint density at radius 3 is 1.04 bits per heavy atom. The molecule has 0 saturated heterocycles. The minimum absolute atomic E-state index is 0.327. The van der Waals surface area contributed by atoms with Crippen molar-refractivity contribution >= 4 is 11.9 Å². The molecule has 0 aromatic heterocycles. The topological polar surface area (TPSA) is 156 Å². The second kappa shape index (κ2) is 20.8. The molecule has 0 atom stereocenters. The second-order valence-electron chi connectivity index (χ2n) is 5.83. The van der Waals surface area contributed by atoms with Crippen LogP contribution in [-0.2, 0) is 9.59 Å². The monoisotopic (exact) mass is 368 g/mol. The van der Waals surface area contributed by atoms with Gasteiger partial charge in [-0.25, -0.2) is 0 Å². The number of carbonyl (C=O) groups is 2. The molecule has 0 aliphatic heterocycles. The molecule has 0 spiro atoms. The van der Waals surface area contributed by atoms with Gasteiger partial charge in [0.1, 0.15) is 0 Å². The summed E-state index contributed by atoms with van der Waals surface area (Å²) >= 11 is 0. The maximum atomic E-state index is 9.87. The fourth-order valence-corrected chi connectivity index (χ4v) is 1.35. The first-order chi connectivity index (χ1) is 11.8. The van der Waals surface area contributed by atoms with E-state index in [1.54, 1.807) is 0 Å². The van der Waals surface area contributed by atoms with Crippen LogP contribution in [0, 0.1) is 5.41 Å². The molecule has 0 aliphatic rings. The van der Waals surface area contributed by atoms with Crippen molar-refractivity contribution in [3.8, 4) is 0 Å². The maximum absolute atomic E-state index is 9.87. The number of aliphatic hydroxyl groups excluding tert-OH is 4. The third-order valence-corrected chi connectivity index (χ3v) is 3.33. The average Bonchev–Trinajstić information content (AvgIpc) is 2.59. The van der Waals surface area contributed by atoms with E-state index in [4.69, 9.17) is 30.6 Å². The Morgan fingerprint density at radius 2 is 0.920 bits per heavy atom. The van der Waals surface area contributed by atoms with Gasteiger partial charge in [-0.3, -0.25) is 9.59 Å². The van der Waals surface area contributed by atoms with E-state index in [2.05, 4.69) is 13.8 Å². The quantitative estimate of drug-likeness (QED) is 0.281. The molecule has 8 heteroatoms. The highest BCUT2D eigenvalue weighted by atomic mass is 16.4. The van der Waals surface area contributed by atoms with Gasteiger partial charge in [0.25, 0.3) is 0 Å². The average molecular weight is 368 g/mol. The Morgan fingerprint density at radius 1 is 0.640 bits per heavy atom. The summed E-state index contributed by atoms with van der Waals surface area (Å²) in [4.78, 5) is 19.7. The summed E-state index contributed by atoms with van der Waals surface area (Å²) in [5, 5.41) is 50.3. The number of unbranched alkanes of at least 4 members (excludes halogenated alkanes) is 4. The van der Waals surface area contributed by atoms with Crippen LogP contribution in [0.1, 0.15) is 65.2 Å². The van der Waals surface area contributed by atoms with E-state index in [1.165, 1.54) is 0 Å². The number of carboxylic acid groups (broad SMARTS) is 2. The summed E-state index contributed by atoms with van der Waals surface area (Å²) in [7, 11) is 0. The Kier molecular flexibility index (Phi) is 23.8. The van der Waals surface area contributed by atoms with Crippen LogP contribution in [0.25, 0.3) is 0 Å². The van der Waals surface area contributed by atoms with Crippen LogP contribution in [0.4, 0.5) is 0 Å². The van der Waals surface area contributed by atoms with Gasteiger partial charge < -0.3 is 30.6 Å². The number of rotatable bonds is 12. The van der Waals surface area contributed by atoms with Gasteiger partial charge in [0.2, 0.25) is 0 Å². The van der Waals surface area contributed by atoms with Crippen LogP contribution in [-0.4, -0.2) is 69.0 Å². The lowest BCUT2D eigenvalue weighted by Crippen LogP contribution is -2.37. The predicted molar refractivity (Wildman–Crippen MR) is 94.3 cm³/mol. The van der Waals surface area contributed by atoms with Crippen LogP contribution in [0.15, 0.2) is 0 Å². The van der Waals surface area contributed by atoms with Crippen molar-refractivity contribution in [2.24, 2.45) is 5.41 Å². The Bertz CT molecular complexity index is 266. The van der Waals surface area contributed by atoms with Gasteiger partial charge in [-0.15, -0.1) is 0 Å². The van der Waals surface area contributed by atoms with E-state index < -0.39 is 43.8 Å². The van der Waals surface area contributed by atoms with E-state index in [-0.39, 0.29) is 0 Å². The van der Waals surface area contributed by atoms with Gasteiger partial charge in [-0.05, 0) is 12.8 Å². The van der Waals surface area contributed by atoms with Crippen LogP contribution in [0.5, 0.6) is 0 Å². The molecule has 0 unspecified atom stereocenters. The van der Waals surface area contributed by atoms with Crippen molar-refractivity contribution in [3.05, 3.63) is 0 Å². The van der Waals surface area contributed by atoms with Crippen LogP contribution >= 0.6 is 0 Å². The summed E-state index contributed by atoms with van der Waals surface area (Å²) in [5.41, 5.74) is -1.11. The van der Waals surface area contributed by atoms with Crippen molar-refractivity contribution in [1.82, 2.24) is 0 Å². The number of carboxylic acids is 2. The van der Waals surface area contributed by atoms with Gasteiger partial charge in [0.15, 0.2) is 0 Å². The van der Waals surface area contributed by atoms with Gasteiger partial charge in [-0.1, -0.05) is 39.5 Å². The van der Waals surface area contributed by atoms with Crippen molar-refractivity contribution in [3.63, 3.8) is 0 Å². The molecule has 0 aromatic rings. The zero-order chi connectivity index (χ0) is 20.1. The summed E-state index contributed by atoms with van der Waals surface area (Å²) < 4.78 is 0. The van der Waals surface area contributed by atoms with Crippen molar-refractivity contribution in [1.29, 1.82) is 0 Å². The molecule has 8 nitrogen and oxygen atoms in total. The lowest BCUT2D eigenvalue weighted by molar-refractivity contribution is -0.138. The number of aliphatic hydroxyl groups is 4. The van der Waals surface area contributed by atoms with Crippen LogP contribution in [0.3, 0.4) is 0 Å². The first-order valence-corrected chi connectivity index (χ1v) is 8.66. The first kappa shape index (κ1) is 28.6. The molecule has 0 aliphatic carbocycles. The van der Waals surface area contributed by atoms with Gasteiger partial charge >= 0.3 is 11.9 Å². The van der Waals surface area contributed by atoms with Gasteiger partial charge in [-0.2, -0.15) is 0 Å². The molecule has 0 bridgehead atoms. The zero-order valence-corrected chi connectivity index (χ0v) is 15.5.